The molecule has 0 aliphatic carbocycles. The molecule has 0 saturated carbocycles. The lowest BCUT2D eigenvalue weighted by molar-refractivity contribution is -0.113. The highest BCUT2D eigenvalue weighted by Gasteiger charge is 2.36. The summed E-state index contributed by atoms with van der Waals surface area (Å²) in [6, 6.07) is 27.1. The molecular formula is C29H25N5O2S2. The van der Waals surface area contributed by atoms with E-state index in [0.29, 0.717) is 38.5 Å². The van der Waals surface area contributed by atoms with Crippen LogP contribution in [0.4, 0.5) is 17.1 Å². The number of fused-ring (bicyclic) bond motifs is 1. The van der Waals surface area contributed by atoms with Crippen molar-refractivity contribution in [2.24, 2.45) is 4.99 Å². The molecule has 190 valence electrons. The fraction of sp³-hybridized carbons (Fsp3) is 0.138. The number of hydrogen-bond donors (Lipinski definition) is 1. The predicted octanol–water partition coefficient (Wildman–Crippen LogP) is 4.06. The van der Waals surface area contributed by atoms with E-state index in [1.807, 2.05) is 79.7 Å². The zero-order valence-corrected chi connectivity index (χ0v) is 22.6. The van der Waals surface area contributed by atoms with Crippen molar-refractivity contribution < 1.29 is 4.79 Å². The molecule has 0 spiro atoms. The minimum atomic E-state index is -0.249. The summed E-state index contributed by atoms with van der Waals surface area (Å²) in [5.74, 6) is 0.167. The first-order chi connectivity index (χ1) is 18.6. The summed E-state index contributed by atoms with van der Waals surface area (Å²) in [6.45, 7) is 5.17. The third-order valence-electron chi connectivity index (χ3n) is 6.41. The Kier molecular flexibility index (Phi) is 6.39. The van der Waals surface area contributed by atoms with Gasteiger partial charge in [0.1, 0.15) is 19.8 Å². The van der Waals surface area contributed by atoms with Crippen LogP contribution in [0, 0.1) is 0 Å². The number of thioether (sulfide) groups is 1. The number of anilines is 2. The van der Waals surface area contributed by atoms with Crippen LogP contribution in [0.5, 0.6) is 0 Å². The third kappa shape index (κ3) is 4.04. The first kappa shape index (κ1) is 24.3. The van der Waals surface area contributed by atoms with Crippen molar-refractivity contribution in [3.05, 3.63) is 104 Å². The predicted molar refractivity (Wildman–Crippen MR) is 156 cm³/mol. The number of amidine groups is 1. The Morgan fingerprint density at radius 3 is 2.24 bits per heavy atom. The molecule has 3 aromatic carbocycles. The minimum absolute atomic E-state index is 0.0984. The number of carbonyl (C=O) groups is 1. The Balaban J connectivity index is 1.62. The van der Waals surface area contributed by atoms with E-state index in [0.717, 1.165) is 22.2 Å². The maximum atomic E-state index is 13.9. The highest BCUT2D eigenvalue weighted by molar-refractivity contribution is 8.08. The zero-order valence-electron chi connectivity index (χ0n) is 20.9. The molecule has 1 aromatic heterocycles. The summed E-state index contributed by atoms with van der Waals surface area (Å²) in [6.07, 6.45) is 0. The topological polar surface area (TPSA) is 69.9 Å². The quantitative estimate of drug-likeness (QED) is 0.424. The molecule has 2 aliphatic rings. The largest absolute Gasteiger partial charge is 0.334 e. The second-order valence-corrected chi connectivity index (χ2v) is 10.7. The van der Waals surface area contributed by atoms with Crippen molar-refractivity contribution in [1.29, 1.82) is 0 Å². The first-order valence-corrected chi connectivity index (χ1v) is 14.1. The van der Waals surface area contributed by atoms with Crippen LogP contribution in [-0.2, 0) is 11.3 Å². The van der Waals surface area contributed by atoms with E-state index in [4.69, 9.17) is 4.99 Å². The highest BCUT2D eigenvalue weighted by Crippen LogP contribution is 2.45. The maximum absolute atomic E-state index is 13.9. The van der Waals surface area contributed by atoms with E-state index in [9.17, 15) is 9.59 Å². The molecule has 4 aromatic rings. The normalized spacial score (nSPS) is 18.8. The third-order valence-corrected chi connectivity index (χ3v) is 8.92. The molecule has 0 atom stereocenters. The van der Waals surface area contributed by atoms with Gasteiger partial charge >= 0.3 is 0 Å². The molecule has 1 saturated heterocycles. The van der Waals surface area contributed by atoms with E-state index in [2.05, 4.69) is 29.4 Å². The Hall–Kier alpha value is -4.08. The number of carbonyl (C=O) groups excluding carboxylic acids is 1. The molecule has 1 amide bonds. The van der Waals surface area contributed by atoms with Gasteiger partial charge < -0.3 is 4.90 Å². The van der Waals surface area contributed by atoms with Crippen molar-refractivity contribution >= 4 is 62.5 Å². The smallest absolute Gasteiger partial charge is 0.283 e. The van der Waals surface area contributed by atoms with Gasteiger partial charge in [0.25, 0.3) is 11.5 Å². The van der Waals surface area contributed by atoms with Gasteiger partial charge in [-0.15, -0.1) is 11.3 Å². The molecule has 0 radical (unpaired) electrons. The summed E-state index contributed by atoms with van der Waals surface area (Å²) < 4.78 is 2.91. The van der Waals surface area contributed by atoms with Gasteiger partial charge in [0, 0.05) is 18.0 Å². The van der Waals surface area contributed by atoms with Gasteiger partial charge in [-0.3, -0.25) is 19.6 Å². The molecule has 9 heteroatoms. The van der Waals surface area contributed by atoms with Crippen molar-refractivity contribution in [1.82, 2.24) is 9.99 Å². The SMILES string of the molecule is CCN1/C(=c2/s/c(=C3/C(=O)N(c4ccccc4)NC3=Nc3ccccc3)n(CC)c2=O)Sc2ccccc21. The van der Waals surface area contributed by atoms with Crippen LogP contribution in [0.2, 0.25) is 0 Å². The first-order valence-electron chi connectivity index (χ1n) is 12.4. The number of aromatic nitrogens is 1. The molecule has 0 unspecified atom stereocenters. The number of para-hydroxylation sites is 3. The van der Waals surface area contributed by atoms with Gasteiger partial charge in [0.2, 0.25) is 0 Å². The van der Waals surface area contributed by atoms with Gasteiger partial charge in [-0.05, 0) is 50.2 Å². The van der Waals surface area contributed by atoms with Crippen LogP contribution in [-0.4, -0.2) is 22.9 Å². The van der Waals surface area contributed by atoms with Gasteiger partial charge in [-0.2, -0.15) is 0 Å². The molecule has 7 nitrogen and oxygen atoms in total. The fourth-order valence-corrected chi connectivity index (χ4v) is 7.23. The number of nitrogens with one attached hydrogen (secondary N) is 1. The molecule has 1 N–H and O–H groups in total. The average Bonchev–Trinajstić information content (AvgIpc) is 3.59. The maximum Gasteiger partial charge on any atom is 0.283 e. The van der Waals surface area contributed by atoms with Crippen LogP contribution in [0.1, 0.15) is 13.8 Å². The minimum Gasteiger partial charge on any atom is -0.334 e. The summed E-state index contributed by atoms with van der Waals surface area (Å²) in [7, 11) is 0. The number of rotatable bonds is 4. The standard InChI is InChI=1S/C29H25N5O2S2/c1-3-32-21-17-11-12-18-22(21)37-29(32)24-27(36)33(4-2)28(38-24)23-25(30-19-13-7-5-8-14-19)31-34(26(23)35)20-15-9-6-10-16-20/h5-18H,3-4H2,1-2H3,(H,30,31)/b28-23+,29-24-. The van der Waals surface area contributed by atoms with E-state index in [-0.39, 0.29) is 11.5 Å². The van der Waals surface area contributed by atoms with Crippen molar-refractivity contribution in [3.8, 4) is 0 Å². The molecule has 1 fully saturated rings. The summed E-state index contributed by atoms with van der Waals surface area (Å²) in [4.78, 5) is 35.8. The van der Waals surface area contributed by atoms with E-state index < -0.39 is 0 Å². The van der Waals surface area contributed by atoms with E-state index in [1.54, 1.807) is 16.3 Å². The van der Waals surface area contributed by atoms with E-state index >= 15 is 0 Å². The van der Waals surface area contributed by atoms with Gasteiger partial charge in [-0.1, -0.05) is 60.3 Å². The average molecular weight is 540 g/mol. The molecule has 3 heterocycles. The van der Waals surface area contributed by atoms with Crippen molar-refractivity contribution in [3.63, 3.8) is 0 Å². The highest BCUT2D eigenvalue weighted by atomic mass is 32.2. The Labute approximate surface area is 228 Å². The molecular weight excluding hydrogens is 514 g/mol. The molecule has 6 rings (SSSR count). The van der Waals surface area contributed by atoms with Gasteiger partial charge in [-0.25, -0.2) is 10.0 Å². The van der Waals surface area contributed by atoms with Crippen LogP contribution in [0.3, 0.4) is 0 Å². The van der Waals surface area contributed by atoms with Crippen LogP contribution in [0.15, 0.2) is 99.6 Å². The molecule has 0 bridgehead atoms. The number of aliphatic imine (C=N–C) groups is 1. The van der Waals surface area contributed by atoms with Crippen molar-refractivity contribution in [2.45, 2.75) is 25.3 Å². The second-order valence-electron chi connectivity index (χ2n) is 8.66. The summed E-state index contributed by atoms with van der Waals surface area (Å²) in [5, 5.41) is 2.39. The fourth-order valence-electron chi connectivity index (χ4n) is 4.63. The lowest BCUT2D eigenvalue weighted by Gasteiger charge is -2.16. The Morgan fingerprint density at radius 2 is 1.53 bits per heavy atom. The number of thiazole rings is 1. The summed E-state index contributed by atoms with van der Waals surface area (Å²) in [5.41, 5.74) is 6.00. The van der Waals surface area contributed by atoms with Gasteiger partial charge in [0.05, 0.1) is 17.1 Å². The zero-order chi connectivity index (χ0) is 26.2. The number of hydrogen-bond acceptors (Lipinski definition) is 6. The molecule has 2 aliphatic heterocycles. The van der Waals surface area contributed by atoms with Crippen LogP contribution < -0.4 is 30.1 Å². The Bertz CT molecular complexity index is 1740. The number of hydrazine groups is 1. The second kappa shape index (κ2) is 10.00. The van der Waals surface area contributed by atoms with E-state index in [1.165, 1.54) is 16.3 Å². The molecule has 38 heavy (non-hydrogen) atoms. The van der Waals surface area contributed by atoms with Gasteiger partial charge in [0.15, 0.2) is 5.84 Å². The number of amides is 1. The van der Waals surface area contributed by atoms with Crippen molar-refractivity contribution in [2.75, 3.05) is 16.5 Å². The monoisotopic (exact) mass is 539 g/mol. The van der Waals surface area contributed by atoms with Crippen LogP contribution >= 0.6 is 23.1 Å². The summed E-state index contributed by atoms with van der Waals surface area (Å²) >= 11 is 2.96. The van der Waals surface area contributed by atoms with Crippen LogP contribution in [0.25, 0.3) is 10.6 Å². The number of benzene rings is 3. The lowest BCUT2D eigenvalue weighted by atomic mass is 10.2. The number of nitrogens with zero attached hydrogens (tertiary/aromatic N) is 4. The lowest BCUT2D eigenvalue weighted by Crippen LogP contribution is -2.36. The Morgan fingerprint density at radius 1 is 0.842 bits per heavy atom.